The minimum absolute atomic E-state index is 0.222. The van der Waals surface area contributed by atoms with Crippen molar-refractivity contribution >= 4 is 33.9 Å². The van der Waals surface area contributed by atoms with Crippen molar-refractivity contribution in [1.82, 2.24) is 0 Å². The summed E-state index contributed by atoms with van der Waals surface area (Å²) in [6.07, 6.45) is 0.748. The Labute approximate surface area is 129 Å². The summed E-state index contributed by atoms with van der Waals surface area (Å²) in [5.74, 6) is 0.409. The summed E-state index contributed by atoms with van der Waals surface area (Å²) in [6.45, 7) is 0. The molecule has 0 saturated heterocycles. The summed E-state index contributed by atoms with van der Waals surface area (Å²) in [7, 11) is 1.28. The van der Waals surface area contributed by atoms with Crippen LogP contribution in [0.25, 0.3) is 0 Å². The Hall–Kier alpha value is -2.34. The van der Waals surface area contributed by atoms with E-state index in [0.717, 1.165) is 6.29 Å². The summed E-state index contributed by atoms with van der Waals surface area (Å²) in [4.78, 5) is 22.2. The molecule has 0 aliphatic rings. The zero-order chi connectivity index (χ0) is 15.4. The number of benzene rings is 2. The topological polar surface area (TPSA) is 78.6 Å². The number of carbonyl (C=O) groups is 2. The van der Waals surface area contributed by atoms with E-state index in [0.29, 0.717) is 21.5 Å². The first-order chi connectivity index (χ1) is 10.0. The van der Waals surface area contributed by atoms with E-state index in [1.54, 1.807) is 30.3 Å². The summed E-state index contributed by atoms with van der Waals surface area (Å²) in [5, 5.41) is 0. The molecule has 0 atom stereocenters. The molecule has 0 aliphatic heterocycles. The van der Waals surface area contributed by atoms with Crippen LogP contribution >= 0.6 is 15.9 Å². The van der Waals surface area contributed by atoms with Gasteiger partial charge in [0.1, 0.15) is 17.8 Å². The molecule has 0 spiro atoms. The van der Waals surface area contributed by atoms with Gasteiger partial charge in [-0.15, -0.1) is 0 Å². The Kier molecular flexibility index (Phi) is 4.59. The molecular weight excluding hydrogens is 338 g/mol. The first-order valence-electron chi connectivity index (χ1n) is 5.95. The number of anilines is 1. The lowest BCUT2D eigenvalue weighted by Gasteiger charge is -2.11. The van der Waals surface area contributed by atoms with Gasteiger partial charge in [-0.1, -0.05) is 0 Å². The molecule has 0 aromatic heterocycles. The number of carbonyl (C=O) groups excluding carboxylic acids is 2. The number of nitrogens with two attached hydrogens (primary N) is 1. The third-order valence-corrected chi connectivity index (χ3v) is 3.37. The molecule has 6 heteroatoms. The highest BCUT2D eigenvalue weighted by atomic mass is 79.9. The molecule has 0 heterocycles. The smallest absolute Gasteiger partial charge is 0.340 e. The van der Waals surface area contributed by atoms with E-state index in [1.165, 1.54) is 13.2 Å². The fraction of sp³-hybridized carbons (Fsp3) is 0.0667. The summed E-state index contributed by atoms with van der Waals surface area (Å²) < 4.78 is 10.9. The normalized spacial score (nSPS) is 10.0. The van der Waals surface area contributed by atoms with Crippen molar-refractivity contribution in [2.24, 2.45) is 0 Å². The molecule has 0 bridgehead atoms. The third kappa shape index (κ3) is 3.41. The number of aldehydes is 1. The molecule has 5 nitrogen and oxygen atoms in total. The quantitative estimate of drug-likeness (QED) is 0.519. The first kappa shape index (κ1) is 15.1. The number of hydrogen-bond donors (Lipinski definition) is 1. The third-order valence-electron chi connectivity index (χ3n) is 2.75. The molecular formula is C15H12BrNO4. The second-order valence-corrected chi connectivity index (χ2v) is 5.00. The van der Waals surface area contributed by atoms with Crippen LogP contribution < -0.4 is 10.5 Å². The summed E-state index contributed by atoms with van der Waals surface area (Å²) in [6, 6.07) is 9.65. The summed E-state index contributed by atoms with van der Waals surface area (Å²) >= 11 is 3.32. The molecule has 0 saturated carbocycles. The van der Waals surface area contributed by atoms with E-state index in [4.69, 9.17) is 10.5 Å². The second kappa shape index (κ2) is 6.41. The van der Waals surface area contributed by atoms with E-state index in [2.05, 4.69) is 20.7 Å². The second-order valence-electron chi connectivity index (χ2n) is 4.15. The highest BCUT2D eigenvalue weighted by Crippen LogP contribution is 2.33. The Morgan fingerprint density at radius 1 is 1.24 bits per heavy atom. The van der Waals surface area contributed by atoms with Crippen molar-refractivity contribution in [3.8, 4) is 11.5 Å². The summed E-state index contributed by atoms with van der Waals surface area (Å²) in [5.41, 5.74) is 6.83. The molecule has 0 aliphatic carbocycles. The number of nitrogen functional groups attached to an aromatic ring is 1. The van der Waals surface area contributed by atoms with Gasteiger partial charge < -0.3 is 15.2 Å². The number of methoxy groups -OCH3 is 1. The van der Waals surface area contributed by atoms with Gasteiger partial charge in [-0.3, -0.25) is 4.79 Å². The van der Waals surface area contributed by atoms with E-state index in [1.807, 2.05) is 0 Å². The minimum atomic E-state index is -0.541. The number of halogens is 1. The van der Waals surface area contributed by atoms with Crippen molar-refractivity contribution in [2.45, 2.75) is 0 Å². The average Bonchev–Trinajstić information content (AvgIpc) is 2.50. The van der Waals surface area contributed by atoms with Crippen LogP contribution in [0.15, 0.2) is 40.9 Å². The number of ether oxygens (including phenoxy) is 2. The van der Waals surface area contributed by atoms with Gasteiger partial charge in [0.2, 0.25) is 0 Å². The van der Waals surface area contributed by atoms with E-state index >= 15 is 0 Å². The minimum Gasteiger partial charge on any atom is -0.465 e. The van der Waals surface area contributed by atoms with Crippen LogP contribution in [0, 0.1) is 0 Å². The molecule has 2 N–H and O–H groups in total. The highest BCUT2D eigenvalue weighted by molar-refractivity contribution is 9.10. The highest BCUT2D eigenvalue weighted by Gasteiger charge is 2.15. The van der Waals surface area contributed by atoms with Crippen LogP contribution in [0.3, 0.4) is 0 Å². The molecule has 0 radical (unpaired) electrons. The number of hydrogen-bond acceptors (Lipinski definition) is 5. The van der Waals surface area contributed by atoms with E-state index in [9.17, 15) is 9.59 Å². The number of esters is 1. The van der Waals surface area contributed by atoms with Crippen LogP contribution in [-0.2, 0) is 4.74 Å². The van der Waals surface area contributed by atoms with Gasteiger partial charge in [0.25, 0.3) is 0 Å². The van der Waals surface area contributed by atoms with Gasteiger partial charge in [-0.25, -0.2) is 4.79 Å². The van der Waals surface area contributed by atoms with Crippen molar-refractivity contribution in [1.29, 1.82) is 0 Å². The molecule has 2 aromatic rings. The molecule has 0 unspecified atom stereocenters. The van der Waals surface area contributed by atoms with Gasteiger partial charge in [0.05, 0.1) is 17.1 Å². The molecule has 21 heavy (non-hydrogen) atoms. The SMILES string of the molecule is COC(=O)c1cc(Oc2ccc(C=O)cc2)c(Br)cc1N. The van der Waals surface area contributed by atoms with Gasteiger partial charge in [0.15, 0.2) is 0 Å². The molecule has 2 aromatic carbocycles. The molecule has 108 valence electrons. The van der Waals surface area contributed by atoms with Gasteiger partial charge >= 0.3 is 5.97 Å². The fourth-order valence-electron chi connectivity index (χ4n) is 1.68. The fourth-order valence-corrected chi connectivity index (χ4v) is 2.12. The van der Waals surface area contributed by atoms with Crippen molar-refractivity contribution in [3.05, 3.63) is 52.0 Å². The Morgan fingerprint density at radius 2 is 1.90 bits per heavy atom. The predicted octanol–water partition coefficient (Wildman–Crippen LogP) is 3.42. The van der Waals surface area contributed by atoms with Crippen LogP contribution in [0.1, 0.15) is 20.7 Å². The van der Waals surface area contributed by atoms with E-state index in [-0.39, 0.29) is 11.3 Å². The monoisotopic (exact) mass is 349 g/mol. The van der Waals surface area contributed by atoms with Gasteiger partial charge in [-0.05, 0) is 52.3 Å². The lowest BCUT2D eigenvalue weighted by molar-refractivity contribution is 0.0601. The lowest BCUT2D eigenvalue weighted by Crippen LogP contribution is -2.06. The zero-order valence-electron chi connectivity index (χ0n) is 11.1. The lowest BCUT2D eigenvalue weighted by atomic mass is 10.1. The average molecular weight is 350 g/mol. The Bertz CT molecular complexity index is 683. The molecule has 0 amide bonds. The van der Waals surface area contributed by atoms with Gasteiger partial charge in [0, 0.05) is 11.3 Å². The predicted molar refractivity (Wildman–Crippen MR) is 81.8 cm³/mol. The maximum Gasteiger partial charge on any atom is 0.340 e. The van der Waals surface area contributed by atoms with Crippen molar-refractivity contribution in [3.63, 3.8) is 0 Å². The van der Waals surface area contributed by atoms with Crippen LogP contribution in [0.4, 0.5) is 5.69 Å². The number of rotatable bonds is 4. The Morgan fingerprint density at radius 3 is 2.48 bits per heavy atom. The first-order valence-corrected chi connectivity index (χ1v) is 6.75. The van der Waals surface area contributed by atoms with Crippen molar-refractivity contribution < 1.29 is 19.1 Å². The van der Waals surface area contributed by atoms with Crippen molar-refractivity contribution in [2.75, 3.05) is 12.8 Å². The van der Waals surface area contributed by atoms with Crippen LogP contribution in [-0.4, -0.2) is 19.4 Å². The largest absolute Gasteiger partial charge is 0.465 e. The van der Waals surface area contributed by atoms with Crippen LogP contribution in [0.5, 0.6) is 11.5 Å². The standard InChI is InChI=1S/C15H12BrNO4/c1-20-15(19)11-6-14(12(16)7-13(11)17)21-10-4-2-9(8-18)3-5-10/h2-8H,17H2,1H3. The Balaban J connectivity index is 2.34. The molecule has 2 rings (SSSR count). The molecule has 0 fully saturated rings. The van der Waals surface area contributed by atoms with E-state index < -0.39 is 5.97 Å². The van der Waals surface area contributed by atoms with Crippen LogP contribution in [0.2, 0.25) is 0 Å². The zero-order valence-corrected chi connectivity index (χ0v) is 12.7. The maximum absolute atomic E-state index is 11.6. The maximum atomic E-state index is 11.6. The van der Waals surface area contributed by atoms with Gasteiger partial charge in [-0.2, -0.15) is 0 Å².